The van der Waals surface area contributed by atoms with Crippen LogP contribution in [0.3, 0.4) is 0 Å². The van der Waals surface area contributed by atoms with Gasteiger partial charge in [-0.3, -0.25) is 0 Å². The van der Waals surface area contributed by atoms with Crippen LogP contribution in [0.1, 0.15) is 25.1 Å². The van der Waals surface area contributed by atoms with E-state index in [1.165, 1.54) is 18.7 Å². The van der Waals surface area contributed by atoms with Crippen LogP contribution in [0.4, 0.5) is 0 Å². The minimum atomic E-state index is 0.603. The van der Waals surface area contributed by atoms with Gasteiger partial charge in [-0.1, -0.05) is 0 Å². The Labute approximate surface area is 131 Å². The molecule has 4 heterocycles. The Morgan fingerprint density at radius 2 is 2.14 bits per heavy atom. The molecule has 22 heavy (non-hydrogen) atoms. The lowest BCUT2D eigenvalue weighted by Gasteiger charge is -2.23. The van der Waals surface area contributed by atoms with Crippen molar-refractivity contribution < 1.29 is 4.74 Å². The van der Waals surface area contributed by atoms with E-state index >= 15 is 0 Å². The molecule has 2 fully saturated rings. The van der Waals surface area contributed by atoms with Gasteiger partial charge in [-0.25, -0.2) is 9.97 Å². The highest BCUT2D eigenvalue weighted by Crippen LogP contribution is 2.24. The van der Waals surface area contributed by atoms with Gasteiger partial charge in [0.15, 0.2) is 5.65 Å². The smallest absolute Gasteiger partial charge is 0.159 e. The monoisotopic (exact) mass is 300 g/mol. The van der Waals surface area contributed by atoms with Gasteiger partial charge in [0.05, 0.1) is 6.61 Å². The van der Waals surface area contributed by atoms with Crippen LogP contribution in [-0.2, 0) is 17.7 Å². The first-order chi connectivity index (χ1) is 10.9. The van der Waals surface area contributed by atoms with Gasteiger partial charge in [0.25, 0.3) is 0 Å². The minimum Gasteiger partial charge on any atom is -0.381 e. The highest BCUT2D eigenvalue weighted by atomic mass is 16.5. The maximum absolute atomic E-state index is 5.55. The lowest BCUT2D eigenvalue weighted by molar-refractivity contribution is 0.182. The lowest BCUT2D eigenvalue weighted by Crippen LogP contribution is -2.29. The topological polar surface area (TPSA) is 52.0 Å². The van der Waals surface area contributed by atoms with Crippen molar-refractivity contribution in [2.45, 2.75) is 32.2 Å². The summed E-state index contributed by atoms with van der Waals surface area (Å²) in [5, 5.41) is 3.44. The van der Waals surface area contributed by atoms with Crippen molar-refractivity contribution in [2.75, 3.05) is 26.3 Å². The molecule has 2 aliphatic rings. The van der Waals surface area contributed by atoms with Crippen molar-refractivity contribution in [1.82, 2.24) is 19.9 Å². The third kappa shape index (κ3) is 2.88. The predicted octanol–water partition coefficient (Wildman–Crippen LogP) is 2.01. The van der Waals surface area contributed by atoms with Gasteiger partial charge in [0, 0.05) is 31.7 Å². The van der Waals surface area contributed by atoms with Crippen molar-refractivity contribution in [3.63, 3.8) is 0 Å². The zero-order valence-electron chi connectivity index (χ0n) is 13.0. The second-order valence-electron chi connectivity index (χ2n) is 6.61. The maximum Gasteiger partial charge on any atom is 0.159 e. The molecule has 0 bridgehead atoms. The van der Waals surface area contributed by atoms with Crippen LogP contribution in [0.25, 0.3) is 11.2 Å². The molecule has 2 aliphatic heterocycles. The van der Waals surface area contributed by atoms with E-state index in [9.17, 15) is 0 Å². The number of hydrogen-bond acceptors (Lipinski definition) is 4. The van der Waals surface area contributed by atoms with Crippen LogP contribution >= 0.6 is 0 Å². The Kier molecular flexibility index (Phi) is 4.08. The fourth-order valence-corrected chi connectivity index (χ4v) is 3.68. The number of aromatic nitrogens is 3. The first-order valence-electron chi connectivity index (χ1n) is 8.49. The second-order valence-corrected chi connectivity index (χ2v) is 6.61. The zero-order chi connectivity index (χ0) is 14.8. The third-order valence-electron chi connectivity index (χ3n) is 4.98. The average molecular weight is 300 g/mol. The van der Waals surface area contributed by atoms with Crippen LogP contribution in [0.2, 0.25) is 0 Å². The minimum absolute atomic E-state index is 0.603. The number of rotatable bonds is 4. The van der Waals surface area contributed by atoms with Crippen molar-refractivity contribution >= 4 is 11.2 Å². The Morgan fingerprint density at radius 3 is 2.95 bits per heavy atom. The standard InChI is InChI=1S/C17H24N4O/c1-2-15-17(19-6-1)21(11-14-5-9-22-12-14)16(20-15)10-13-3-7-18-8-4-13/h1-2,6,13-14,18H,3-5,7-12H2. The Balaban J connectivity index is 1.62. The summed E-state index contributed by atoms with van der Waals surface area (Å²) >= 11 is 0. The first kappa shape index (κ1) is 14.2. The molecule has 0 aliphatic carbocycles. The fraction of sp³-hybridized carbons (Fsp3) is 0.647. The number of piperidine rings is 1. The SMILES string of the molecule is c1cnc2c(c1)nc(CC1CCNCC1)n2CC1CCOC1. The molecule has 2 aromatic heterocycles. The predicted molar refractivity (Wildman–Crippen MR) is 85.8 cm³/mol. The second kappa shape index (κ2) is 6.34. The summed E-state index contributed by atoms with van der Waals surface area (Å²) in [7, 11) is 0. The maximum atomic E-state index is 5.55. The number of nitrogens with one attached hydrogen (secondary N) is 1. The summed E-state index contributed by atoms with van der Waals surface area (Å²) in [5.74, 6) is 2.57. The molecule has 1 unspecified atom stereocenters. The van der Waals surface area contributed by atoms with E-state index in [0.29, 0.717) is 5.92 Å². The van der Waals surface area contributed by atoms with Crippen LogP contribution in [-0.4, -0.2) is 40.8 Å². The molecule has 0 radical (unpaired) electrons. The van der Waals surface area contributed by atoms with Gasteiger partial charge in [-0.15, -0.1) is 0 Å². The van der Waals surface area contributed by atoms with Crippen LogP contribution in [0, 0.1) is 11.8 Å². The fourth-order valence-electron chi connectivity index (χ4n) is 3.68. The Morgan fingerprint density at radius 1 is 1.23 bits per heavy atom. The molecular weight excluding hydrogens is 276 g/mol. The molecule has 118 valence electrons. The van der Waals surface area contributed by atoms with E-state index in [4.69, 9.17) is 9.72 Å². The van der Waals surface area contributed by atoms with E-state index in [1.807, 2.05) is 12.3 Å². The summed E-state index contributed by atoms with van der Waals surface area (Å²) < 4.78 is 7.90. The molecule has 5 nitrogen and oxygen atoms in total. The molecule has 0 saturated carbocycles. The van der Waals surface area contributed by atoms with Gasteiger partial charge in [0.1, 0.15) is 11.3 Å². The van der Waals surface area contributed by atoms with E-state index in [2.05, 4.69) is 20.9 Å². The number of hydrogen-bond donors (Lipinski definition) is 1. The molecule has 5 heteroatoms. The van der Waals surface area contributed by atoms with Crippen LogP contribution < -0.4 is 5.32 Å². The quantitative estimate of drug-likeness (QED) is 0.938. The summed E-state index contributed by atoms with van der Waals surface area (Å²) in [6.07, 6.45) is 6.61. The number of fused-ring (bicyclic) bond motifs is 1. The molecule has 4 rings (SSSR count). The number of nitrogens with zero attached hydrogens (tertiary/aromatic N) is 3. The summed E-state index contributed by atoms with van der Waals surface area (Å²) in [6, 6.07) is 4.06. The molecule has 0 aromatic carbocycles. The number of imidazole rings is 1. The molecule has 0 spiro atoms. The van der Waals surface area contributed by atoms with Gasteiger partial charge < -0.3 is 14.6 Å². The van der Waals surface area contributed by atoms with Gasteiger partial charge in [-0.2, -0.15) is 0 Å². The van der Waals surface area contributed by atoms with E-state index in [1.54, 1.807) is 0 Å². The largest absolute Gasteiger partial charge is 0.381 e. The number of pyridine rings is 1. The average Bonchev–Trinajstić information content (AvgIpc) is 3.18. The van der Waals surface area contributed by atoms with E-state index in [0.717, 1.165) is 62.8 Å². The van der Waals surface area contributed by atoms with Crippen LogP contribution in [0.15, 0.2) is 18.3 Å². The molecule has 0 amide bonds. The van der Waals surface area contributed by atoms with E-state index < -0.39 is 0 Å². The van der Waals surface area contributed by atoms with Gasteiger partial charge in [-0.05, 0) is 50.4 Å². The molecule has 1 N–H and O–H groups in total. The highest BCUT2D eigenvalue weighted by molar-refractivity contribution is 5.71. The van der Waals surface area contributed by atoms with Crippen molar-refractivity contribution in [3.05, 3.63) is 24.2 Å². The van der Waals surface area contributed by atoms with Crippen LogP contribution in [0.5, 0.6) is 0 Å². The lowest BCUT2D eigenvalue weighted by atomic mass is 9.94. The molecule has 1 atom stereocenters. The normalized spacial score (nSPS) is 23.4. The van der Waals surface area contributed by atoms with E-state index in [-0.39, 0.29) is 0 Å². The Hall–Kier alpha value is -1.46. The molecule has 2 aromatic rings. The van der Waals surface area contributed by atoms with Gasteiger partial charge >= 0.3 is 0 Å². The van der Waals surface area contributed by atoms with Gasteiger partial charge in [0.2, 0.25) is 0 Å². The highest BCUT2D eigenvalue weighted by Gasteiger charge is 2.22. The summed E-state index contributed by atoms with van der Waals surface area (Å²) in [6.45, 7) is 5.04. The summed E-state index contributed by atoms with van der Waals surface area (Å²) in [5.41, 5.74) is 2.07. The molecule has 2 saturated heterocycles. The van der Waals surface area contributed by atoms with Crippen molar-refractivity contribution in [1.29, 1.82) is 0 Å². The Bertz CT molecular complexity index is 627. The zero-order valence-corrected chi connectivity index (χ0v) is 13.0. The molecular formula is C17H24N4O. The third-order valence-corrected chi connectivity index (χ3v) is 4.98. The summed E-state index contributed by atoms with van der Waals surface area (Å²) in [4.78, 5) is 9.47. The first-order valence-corrected chi connectivity index (χ1v) is 8.49. The number of ether oxygens (including phenoxy) is 1. The van der Waals surface area contributed by atoms with Crippen molar-refractivity contribution in [2.24, 2.45) is 11.8 Å². The van der Waals surface area contributed by atoms with Crippen molar-refractivity contribution in [3.8, 4) is 0 Å².